The van der Waals surface area contributed by atoms with E-state index < -0.39 is 0 Å². The Bertz CT molecular complexity index is 562. The van der Waals surface area contributed by atoms with Gasteiger partial charge in [-0.25, -0.2) is 4.39 Å². The minimum atomic E-state index is -0.365. The Hall–Kier alpha value is -1.95. The second-order valence-electron chi connectivity index (χ2n) is 5.66. The third kappa shape index (κ3) is 4.27. The second kappa shape index (κ2) is 7.35. The average molecular weight is 307 g/mol. The van der Waals surface area contributed by atoms with Gasteiger partial charge in [-0.2, -0.15) is 0 Å². The van der Waals surface area contributed by atoms with E-state index in [1.54, 1.807) is 19.1 Å². The first-order valence-electron chi connectivity index (χ1n) is 7.56. The first kappa shape index (κ1) is 16.4. The highest BCUT2D eigenvalue weighted by molar-refractivity contribution is 5.94. The van der Waals surface area contributed by atoms with Gasteiger partial charge in [0.05, 0.1) is 6.67 Å². The van der Waals surface area contributed by atoms with Crippen LogP contribution in [-0.4, -0.2) is 36.0 Å². The first-order valence-corrected chi connectivity index (χ1v) is 7.56. The Morgan fingerprint density at radius 3 is 2.91 bits per heavy atom. The molecule has 0 aromatic heterocycles. The zero-order valence-electron chi connectivity index (χ0n) is 13.0. The Labute approximate surface area is 129 Å². The molecule has 1 aliphatic heterocycles. The zero-order chi connectivity index (χ0) is 16.1. The summed E-state index contributed by atoms with van der Waals surface area (Å²) in [4.78, 5) is 25.5. The third-order valence-corrected chi connectivity index (χ3v) is 3.77. The van der Waals surface area contributed by atoms with Crippen LogP contribution in [0, 0.1) is 12.7 Å². The standard InChI is InChI=1S/C16H22FN3O2/c1-3-4-12-8-16(22)20(10-18-12)9-15(21)19-13-6-5-11(2)14(17)7-13/h5-7,12,18H,3-4,8-10H2,1-2H3,(H,19,21). The van der Waals surface area contributed by atoms with E-state index in [0.29, 0.717) is 24.3 Å². The van der Waals surface area contributed by atoms with Crippen molar-refractivity contribution < 1.29 is 14.0 Å². The third-order valence-electron chi connectivity index (χ3n) is 3.77. The number of amides is 2. The van der Waals surface area contributed by atoms with Gasteiger partial charge in [-0.05, 0) is 31.0 Å². The molecule has 1 fully saturated rings. The highest BCUT2D eigenvalue weighted by Crippen LogP contribution is 2.14. The van der Waals surface area contributed by atoms with Crippen molar-refractivity contribution >= 4 is 17.5 Å². The van der Waals surface area contributed by atoms with E-state index in [2.05, 4.69) is 17.6 Å². The number of anilines is 1. The molecule has 1 aromatic rings. The SMILES string of the molecule is CCCC1CC(=O)N(CC(=O)Nc2ccc(C)c(F)c2)CN1. The number of aryl methyl sites for hydroxylation is 1. The van der Waals surface area contributed by atoms with Crippen LogP contribution in [0.15, 0.2) is 18.2 Å². The van der Waals surface area contributed by atoms with Crippen LogP contribution in [-0.2, 0) is 9.59 Å². The summed E-state index contributed by atoms with van der Waals surface area (Å²) in [6, 6.07) is 4.72. The summed E-state index contributed by atoms with van der Waals surface area (Å²) < 4.78 is 13.4. The van der Waals surface area contributed by atoms with Crippen LogP contribution in [0.2, 0.25) is 0 Å². The summed E-state index contributed by atoms with van der Waals surface area (Å²) in [6.45, 7) is 4.08. The largest absolute Gasteiger partial charge is 0.324 e. The minimum Gasteiger partial charge on any atom is -0.324 e. The lowest BCUT2D eigenvalue weighted by atomic mass is 10.1. The minimum absolute atomic E-state index is 0.0255. The molecule has 2 rings (SSSR count). The molecule has 22 heavy (non-hydrogen) atoms. The lowest BCUT2D eigenvalue weighted by molar-refractivity contribution is -0.138. The van der Waals surface area contributed by atoms with Gasteiger partial charge in [0.15, 0.2) is 0 Å². The lowest BCUT2D eigenvalue weighted by Crippen LogP contribution is -2.52. The van der Waals surface area contributed by atoms with E-state index in [4.69, 9.17) is 0 Å². The van der Waals surface area contributed by atoms with Gasteiger partial charge in [-0.15, -0.1) is 0 Å². The number of hydrogen-bond donors (Lipinski definition) is 2. The summed E-state index contributed by atoms with van der Waals surface area (Å²) >= 11 is 0. The second-order valence-corrected chi connectivity index (χ2v) is 5.66. The quantitative estimate of drug-likeness (QED) is 0.875. The number of rotatable bonds is 5. The Morgan fingerprint density at radius 1 is 1.50 bits per heavy atom. The van der Waals surface area contributed by atoms with Crippen LogP contribution in [0.3, 0.4) is 0 Å². The number of hydrogen-bond acceptors (Lipinski definition) is 3. The number of nitrogens with one attached hydrogen (secondary N) is 2. The Kier molecular flexibility index (Phi) is 5.49. The number of carbonyl (C=O) groups excluding carboxylic acids is 2. The van der Waals surface area contributed by atoms with Gasteiger partial charge in [0.1, 0.15) is 12.4 Å². The van der Waals surface area contributed by atoms with Gasteiger partial charge in [0.25, 0.3) is 0 Å². The molecule has 1 aliphatic rings. The predicted molar refractivity (Wildman–Crippen MR) is 82.8 cm³/mol. The number of benzene rings is 1. The molecular formula is C16H22FN3O2. The highest BCUT2D eigenvalue weighted by atomic mass is 19.1. The van der Waals surface area contributed by atoms with E-state index in [0.717, 1.165) is 12.8 Å². The van der Waals surface area contributed by atoms with Crippen molar-refractivity contribution in [1.82, 2.24) is 10.2 Å². The molecule has 0 aliphatic carbocycles. The maximum absolute atomic E-state index is 13.4. The highest BCUT2D eigenvalue weighted by Gasteiger charge is 2.26. The Morgan fingerprint density at radius 2 is 2.27 bits per heavy atom. The summed E-state index contributed by atoms with van der Waals surface area (Å²) in [5.41, 5.74) is 0.921. The van der Waals surface area contributed by atoms with Gasteiger partial charge < -0.3 is 10.2 Å². The molecule has 1 saturated heterocycles. The summed E-state index contributed by atoms with van der Waals surface area (Å²) in [7, 11) is 0. The molecule has 1 atom stereocenters. The average Bonchev–Trinajstić information content (AvgIpc) is 2.46. The lowest BCUT2D eigenvalue weighted by Gasteiger charge is -2.32. The van der Waals surface area contributed by atoms with Crippen LogP contribution >= 0.6 is 0 Å². The van der Waals surface area contributed by atoms with Gasteiger partial charge in [0.2, 0.25) is 11.8 Å². The first-order chi connectivity index (χ1) is 10.5. The Balaban J connectivity index is 1.87. The van der Waals surface area contributed by atoms with Gasteiger partial charge >= 0.3 is 0 Å². The van der Waals surface area contributed by atoms with Crippen LogP contribution in [0.1, 0.15) is 31.7 Å². The number of nitrogens with zero attached hydrogens (tertiary/aromatic N) is 1. The van der Waals surface area contributed by atoms with Gasteiger partial charge in [-0.1, -0.05) is 19.4 Å². The van der Waals surface area contributed by atoms with Crippen molar-refractivity contribution in [2.24, 2.45) is 0 Å². The van der Waals surface area contributed by atoms with Crippen LogP contribution in [0.4, 0.5) is 10.1 Å². The van der Waals surface area contributed by atoms with E-state index in [-0.39, 0.29) is 30.2 Å². The van der Waals surface area contributed by atoms with Gasteiger partial charge in [-0.3, -0.25) is 14.9 Å². The molecule has 0 bridgehead atoms. The molecule has 6 heteroatoms. The van der Waals surface area contributed by atoms with Gasteiger partial charge in [0, 0.05) is 18.2 Å². The molecule has 0 saturated carbocycles. The molecule has 2 amide bonds. The summed E-state index contributed by atoms with van der Waals surface area (Å²) in [6.07, 6.45) is 2.39. The van der Waals surface area contributed by atoms with E-state index in [1.807, 2.05) is 0 Å². The molecule has 1 unspecified atom stereocenters. The molecule has 120 valence electrons. The zero-order valence-corrected chi connectivity index (χ0v) is 13.0. The smallest absolute Gasteiger partial charge is 0.244 e. The molecule has 0 spiro atoms. The molecule has 1 aromatic carbocycles. The monoisotopic (exact) mass is 307 g/mol. The molecule has 0 radical (unpaired) electrons. The van der Waals surface area contributed by atoms with Crippen molar-refractivity contribution in [3.8, 4) is 0 Å². The van der Waals surface area contributed by atoms with Crippen LogP contribution < -0.4 is 10.6 Å². The fourth-order valence-corrected chi connectivity index (χ4v) is 2.48. The molecular weight excluding hydrogens is 285 g/mol. The summed E-state index contributed by atoms with van der Waals surface area (Å²) in [5.74, 6) is -0.717. The van der Waals surface area contributed by atoms with Crippen LogP contribution in [0.5, 0.6) is 0 Å². The molecule has 1 heterocycles. The van der Waals surface area contributed by atoms with E-state index in [9.17, 15) is 14.0 Å². The number of carbonyl (C=O) groups is 2. The topological polar surface area (TPSA) is 61.4 Å². The molecule has 2 N–H and O–H groups in total. The normalized spacial score (nSPS) is 18.4. The maximum atomic E-state index is 13.4. The maximum Gasteiger partial charge on any atom is 0.244 e. The fraction of sp³-hybridized carbons (Fsp3) is 0.500. The molecule has 5 nitrogen and oxygen atoms in total. The fourth-order valence-electron chi connectivity index (χ4n) is 2.48. The van der Waals surface area contributed by atoms with Crippen molar-refractivity contribution in [2.45, 2.75) is 39.2 Å². The summed E-state index contributed by atoms with van der Waals surface area (Å²) in [5, 5.41) is 5.87. The number of halogens is 1. The van der Waals surface area contributed by atoms with Crippen molar-refractivity contribution in [3.63, 3.8) is 0 Å². The van der Waals surface area contributed by atoms with Crippen molar-refractivity contribution in [3.05, 3.63) is 29.6 Å². The predicted octanol–water partition coefficient (Wildman–Crippen LogP) is 2.02. The van der Waals surface area contributed by atoms with E-state index >= 15 is 0 Å². The van der Waals surface area contributed by atoms with Crippen molar-refractivity contribution in [1.29, 1.82) is 0 Å². The van der Waals surface area contributed by atoms with E-state index in [1.165, 1.54) is 11.0 Å². The van der Waals surface area contributed by atoms with Crippen molar-refractivity contribution in [2.75, 3.05) is 18.5 Å². The van der Waals surface area contributed by atoms with Crippen LogP contribution in [0.25, 0.3) is 0 Å².